The van der Waals surface area contributed by atoms with E-state index >= 15 is 0 Å². The predicted molar refractivity (Wildman–Crippen MR) is 69.8 cm³/mol. The van der Waals surface area contributed by atoms with E-state index in [0.717, 1.165) is 16.7 Å². The van der Waals surface area contributed by atoms with Crippen LogP contribution in [-0.2, 0) is 4.79 Å². The summed E-state index contributed by atoms with van der Waals surface area (Å²) >= 11 is 0. The highest BCUT2D eigenvalue weighted by Gasteiger charge is 2.34. The highest BCUT2D eigenvalue weighted by atomic mass is 28.1. The lowest BCUT2D eigenvalue weighted by Gasteiger charge is -2.28. The number of hydrogen-bond donors (Lipinski definition) is 0. The summed E-state index contributed by atoms with van der Waals surface area (Å²) in [5, 5.41) is -0.301. The summed E-state index contributed by atoms with van der Waals surface area (Å²) < 4.78 is 5.40. The lowest BCUT2D eigenvalue weighted by Crippen LogP contribution is -2.31. The number of hydrogen-bond acceptors (Lipinski definition) is 2. The molecule has 2 nitrogen and oxygen atoms in total. The van der Waals surface area contributed by atoms with Crippen molar-refractivity contribution in [2.45, 2.75) is 32.2 Å². The minimum Gasteiger partial charge on any atom is -0.426 e. The smallest absolute Gasteiger partial charge is 0.313 e. The SMILES string of the molecule is CCC(C)C(C)([SiH3])C(=O)Oc1ccccc1. The van der Waals surface area contributed by atoms with Gasteiger partial charge in [0.1, 0.15) is 5.75 Å². The van der Waals surface area contributed by atoms with Crippen LogP contribution in [0, 0.1) is 5.92 Å². The van der Waals surface area contributed by atoms with Crippen LogP contribution in [0.3, 0.4) is 0 Å². The molecule has 0 N–H and O–H groups in total. The topological polar surface area (TPSA) is 26.3 Å². The monoisotopic (exact) mass is 236 g/mol. The molecule has 0 spiro atoms. The Morgan fingerprint density at radius 3 is 2.50 bits per heavy atom. The van der Waals surface area contributed by atoms with Gasteiger partial charge in [0.2, 0.25) is 0 Å². The van der Waals surface area contributed by atoms with Gasteiger partial charge in [-0.25, -0.2) is 0 Å². The minimum atomic E-state index is -0.301. The average Bonchev–Trinajstić information content (AvgIpc) is 2.29. The van der Waals surface area contributed by atoms with Crippen LogP contribution < -0.4 is 4.74 Å². The van der Waals surface area contributed by atoms with Gasteiger partial charge in [-0.05, 0) is 18.1 Å². The molecule has 1 aromatic rings. The highest BCUT2D eigenvalue weighted by molar-refractivity contribution is 6.27. The van der Waals surface area contributed by atoms with Gasteiger partial charge in [0, 0.05) is 10.2 Å². The van der Waals surface area contributed by atoms with Gasteiger partial charge >= 0.3 is 5.97 Å². The Kier molecular flexibility index (Phi) is 4.30. The summed E-state index contributed by atoms with van der Waals surface area (Å²) in [6, 6.07) is 9.27. The second kappa shape index (κ2) is 5.30. The molecule has 1 aromatic carbocycles. The summed E-state index contributed by atoms with van der Waals surface area (Å²) in [5.41, 5.74) is 0. The lowest BCUT2D eigenvalue weighted by atomic mass is 9.92. The summed E-state index contributed by atoms with van der Waals surface area (Å²) in [6.07, 6.45) is 1.00. The molecular weight excluding hydrogens is 216 g/mol. The van der Waals surface area contributed by atoms with E-state index in [0.29, 0.717) is 11.7 Å². The van der Waals surface area contributed by atoms with Gasteiger partial charge in [0.05, 0.1) is 5.04 Å². The fraction of sp³-hybridized carbons (Fsp3) is 0.462. The van der Waals surface area contributed by atoms with Crippen molar-refractivity contribution in [3.63, 3.8) is 0 Å². The van der Waals surface area contributed by atoms with Crippen LogP contribution in [-0.4, -0.2) is 16.2 Å². The van der Waals surface area contributed by atoms with Crippen molar-refractivity contribution in [3.05, 3.63) is 30.3 Å². The minimum absolute atomic E-state index is 0.0975. The van der Waals surface area contributed by atoms with Gasteiger partial charge in [-0.15, -0.1) is 0 Å². The molecule has 0 heterocycles. The van der Waals surface area contributed by atoms with E-state index in [1.165, 1.54) is 0 Å². The number of para-hydroxylation sites is 1. The largest absolute Gasteiger partial charge is 0.426 e. The van der Waals surface area contributed by atoms with Crippen LogP contribution in [0.2, 0.25) is 5.04 Å². The lowest BCUT2D eigenvalue weighted by molar-refractivity contribution is -0.138. The van der Waals surface area contributed by atoms with Crippen LogP contribution in [0.4, 0.5) is 0 Å². The van der Waals surface area contributed by atoms with Crippen molar-refractivity contribution < 1.29 is 9.53 Å². The van der Waals surface area contributed by atoms with Crippen molar-refractivity contribution in [1.29, 1.82) is 0 Å². The fourth-order valence-corrected chi connectivity index (χ4v) is 1.95. The summed E-state index contributed by atoms with van der Waals surface area (Å²) in [6.45, 7) is 6.22. The second-order valence-corrected chi connectivity index (χ2v) is 6.81. The molecule has 0 aliphatic rings. The Hall–Kier alpha value is -1.09. The van der Waals surface area contributed by atoms with Crippen LogP contribution in [0.5, 0.6) is 5.75 Å². The van der Waals surface area contributed by atoms with E-state index in [1.807, 2.05) is 37.3 Å². The molecular formula is C13H20O2Si. The fourth-order valence-electron chi connectivity index (χ4n) is 1.44. The van der Waals surface area contributed by atoms with Crippen molar-refractivity contribution in [1.82, 2.24) is 0 Å². The molecule has 2 atom stereocenters. The molecule has 0 fully saturated rings. The van der Waals surface area contributed by atoms with Gasteiger partial charge < -0.3 is 4.74 Å². The maximum Gasteiger partial charge on any atom is 0.313 e. The molecule has 0 amide bonds. The van der Waals surface area contributed by atoms with Gasteiger partial charge in [-0.2, -0.15) is 0 Å². The first-order chi connectivity index (χ1) is 7.48. The normalized spacial score (nSPS) is 16.4. The Labute approximate surface area is 100 Å². The Morgan fingerprint density at radius 1 is 1.44 bits per heavy atom. The quantitative estimate of drug-likeness (QED) is 0.455. The zero-order valence-electron chi connectivity index (χ0n) is 10.5. The molecule has 0 saturated carbocycles. The first-order valence-electron chi connectivity index (χ1n) is 5.75. The zero-order chi connectivity index (χ0) is 12.2. The number of carbonyl (C=O) groups excluding carboxylic acids is 1. The van der Waals surface area contributed by atoms with E-state index in [4.69, 9.17) is 4.74 Å². The number of ether oxygens (including phenoxy) is 1. The molecule has 0 aliphatic carbocycles. The first kappa shape index (κ1) is 13.0. The number of esters is 1. The van der Waals surface area contributed by atoms with Crippen LogP contribution in [0.1, 0.15) is 27.2 Å². The van der Waals surface area contributed by atoms with Crippen molar-refractivity contribution in [2.75, 3.05) is 0 Å². The van der Waals surface area contributed by atoms with Crippen molar-refractivity contribution >= 4 is 16.2 Å². The van der Waals surface area contributed by atoms with E-state index in [-0.39, 0.29) is 11.0 Å². The van der Waals surface area contributed by atoms with Crippen LogP contribution in [0.25, 0.3) is 0 Å². The second-order valence-electron chi connectivity index (χ2n) is 4.73. The zero-order valence-corrected chi connectivity index (χ0v) is 12.5. The third kappa shape index (κ3) is 2.95. The summed E-state index contributed by atoms with van der Waals surface area (Å²) in [7, 11) is 0.812. The van der Waals surface area contributed by atoms with Gasteiger partial charge in [-0.1, -0.05) is 45.4 Å². The standard InChI is InChI=1S/C13H20O2Si/c1-4-10(2)13(3,16)12(14)15-11-8-6-5-7-9-11/h5-10H,4H2,1-3,16H3. The van der Waals surface area contributed by atoms with Crippen LogP contribution >= 0.6 is 0 Å². The Bertz CT molecular complexity index is 346. The number of rotatable bonds is 4. The molecule has 1 rings (SSSR count). The molecule has 3 heteroatoms. The molecule has 0 aromatic heterocycles. The van der Waals surface area contributed by atoms with E-state index in [1.54, 1.807) is 0 Å². The van der Waals surface area contributed by atoms with Gasteiger partial charge in [0.15, 0.2) is 0 Å². The van der Waals surface area contributed by atoms with Crippen molar-refractivity contribution in [3.8, 4) is 5.75 Å². The van der Waals surface area contributed by atoms with Crippen molar-refractivity contribution in [2.24, 2.45) is 5.92 Å². The molecule has 0 aliphatic heterocycles. The maximum atomic E-state index is 12.0. The molecule has 0 radical (unpaired) electrons. The predicted octanol–water partition coefficient (Wildman–Crippen LogP) is 2.18. The third-order valence-corrected chi connectivity index (χ3v) is 4.72. The molecule has 16 heavy (non-hydrogen) atoms. The van der Waals surface area contributed by atoms with E-state index in [9.17, 15) is 4.79 Å². The highest BCUT2D eigenvalue weighted by Crippen LogP contribution is 2.35. The van der Waals surface area contributed by atoms with Gasteiger partial charge in [-0.3, -0.25) is 4.79 Å². The maximum absolute atomic E-state index is 12.0. The van der Waals surface area contributed by atoms with E-state index in [2.05, 4.69) is 13.8 Å². The number of carbonyl (C=O) groups is 1. The van der Waals surface area contributed by atoms with E-state index < -0.39 is 0 Å². The molecule has 2 unspecified atom stereocenters. The van der Waals surface area contributed by atoms with Gasteiger partial charge in [0.25, 0.3) is 0 Å². The Balaban J connectivity index is 2.72. The molecule has 88 valence electrons. The first-order valence-corrected chi connectivity index (χ1v) is 6.75. The summed E-state index contributed by atoms with van der Waals surface area (Å²) in [5.74, 6) is 0.910. The summed E-state index contributed by atoms with van der Waals surface area (Å²) in [4.78, 5) is 12.0. The molecule has 0 saturated heterocycles. The Morgan fingerprint density at radius 2 is 2.00 bits per heavy atom. The average molecular weight is 236 g/mol. The molecule has 0 bridgehead atoms. The van der Waals surface area contributed by atoms with Crippen LogP contribution in [0.15, 0.2) is 30.3 Å². The third-order valence-electron chi connectivity index (χ3n) is 3.32. The number of benzene rings is 1.